The molecular weight excluding hydrogens is 352 g/mol. The van der Waals surface area contributed by atoms with Crippen molar-refractivity contribution in [3.63, 3.8) is 0 Å². The Morgan fingerprint density at radius 2 is 2.07 bits per heavy atom. The third kappa shape index (κ3) is 3.05. The molecular formula is C16H18N8O3. The molecule has 4 heterocycles. The van der Waals surface area contributed by atoms with Gasteiger partial charge in [0.1, 0.15) is 5.69 Å². The predicted molar refractivity (Wildman–Crippen MR) is 94.3 cm³/mol. The summed E-state index contributed by atoms with van der Waals surface area (Å²) >= 11 is 0. The fraction of sp³-hybridized carbons (Fsp3) is 0.438. The highest BCUT2D eigenvalue weighted by Crippen LogP contribution is 2.22. The van der Waals surface area contributed by atoms with Crippen molar-refractivity contribution in [1.29, 1.82) is 0 Å². The van der Waals surface area contributed by atoms with Gasteiger partial charge >= 0.3 is 5.69 Å². The van der Waals surface area contributed by atoms with Crippen LogP contribution in [0.1, 0.15) is 18.5 Å². The van der Waals surface area contributed by atoms with Crippen LogP contribution in [0.5, 0.6) is 5.88 Å². The highest BCUT2D eigenvalue weighted by molar-refractivity contribution is 5.57. The van der Waals surface area contributed by atoms with Crippen molar-refractivity contribution in [2.45, 2.75) is 18.9 Å². The standard InChI is InChI=1S/C16H18N8O3/c25-13-11(19-16(26)21-13)7-9-8-17-24-12(9)20-14(23-3-5-27-6-4-23)22-15(24)18-10-1-2-10/h7-8,10,25H,1-6H2,(H2,19,21,26)/b9-7-,18-15?. The summed E-state index contributed by atoms with van der Waals surface area (Å²) < 4.78 is 7.00. The number of hydrogen-bond donors (Lipinski definition) is 3. The molecule has 1 aliphatic carbocycles. The highest BCUT2D eigenvalue weighted by atomic mass is 16.5. The first-order valence-electron chi connectivity index (χ1n) is 8.83. The second kappa shape index (κ2) is 6.20. The molecule has 11 nitrogen and oxygen atoms in total. The Hall–Kier alpha value is -3.21. The monoisotopic (exact) mass is 370 g/mol. The second-order valence-corrected chi connectivity index (χ2v) is 6.60. The molecule has 3 aromatic heterocycles. The zero-order valence-corrected chi connectivity index (χ0v) is 14.4. The Balaban J connectivity index is 1.71. The molecule has 1 saturated heterocycles. The minimum atomic E-state index is -0.483. The number of H-pyrrole nitrogens is 2. The van der Waals surface area contributed by atoms with Crippen molar-refractivity contribution < 1.29 is 9.84 Å². The van der Waals surface area contributed by atoms with Crippen molar-refractivity contribution in [3.05, 3.63) is 33.2 Å². The second-order valence-electron chi connectivity index (χ2n) is 6.60. The number of nitrogens with zero attached hydrogens (tertiary/aromatic N) is 6. The van der Waals surface area contributed by atoms with Crippen LogP contribution in [-0.4, -0.2) is 67.0 Å². The van der Waals surface area contributed by atoms with Gasteiger partial charge in [-0.15, -0.1) is 0 Å². The van der Waals surface area contributed by atoms with Crippen LogP contribution in [-0.2, 0) is 4.74 Å². The fourth-order valence-corrected chi connectivity index (χ4v) is 2.97. The minimum Gasteiger partial charge on any atom is -0.493 e. The lowest BCUT2D eigenvalue weighted by molar-refractivity contribution is 0.122. The van der Waals surface area contributed by atoms with Crippen LogP contribution < -0.4 is 21.4 Å². The van der Waals surface area contributed by atoms with E-state index in [1.54, 1.807) is 16.8 Å². The number of anilines is 1. The number of aromatic nitrogens is 6. The maximum Gasteiger partial charge on any atom is 0.326 e. The van der Waals surface area contributed by atoms with Gasteiger partial charge < -0.3 is 19.7 Å². The van der Waals surface area contributed by atoms with Crippen molar-refractivity contribution in [2.24, 2.45) is 4.99 Å². The Kier molecular flexibility index (Phi) is 3.67. The SMILES string of the molecule is O=c1[nH]c(O)c(/C=c2/cnn3c(=NC4CC4)nc(N4CCOCC4)nc23)[nH]1. The van der Waals surface area contributed by atoms with Gasteiger partial charge in [-0.2, -0.15) is 19.6 Å². The first kappa shape index (κ1) is 16.0. The number of imidazole rings is 1. The Morgan fingerprint density at radius 1 is 1.26 bits per heavy atom. The molecule has 0 unspecified atom stereocenters. The number of morpholine rings is 1. The Bertz CT molecular complexity index is 1170. The topological polar surface area (TPSA) is 137 Å². The summed E-state index contributed by atoms with van der Waals surface area (Å²) in [6.45, 7) is 2.66. The molecule has 11 heteroatoms. The van der Waals surface area contributed by atoms with Gasteiger partial charge in [0.2, 0.25) is 11.8 Å². The van der Waals surface area contributed by atoms with E-state index >= 15 is 0 Å². The molecule has 0 spiro atoms. The Labute approximate surface area is 152 Å². The van der Waals surface area contributed by atoms with Crippen LogP contribution in [0, 0.1) is 0 Å². The van der Waals surface area contributed by atoms with Gasteiger partial charge in [0.15, 0.2) is 5.65 Å². The van der Waals surface area contributed by atoms with Gasteiger partial charge in [-0.1, -0.05) is 0 Å². The normalized spacial score (nSPS) is 19.3. The number of nitrogens with one attached hydrogen (secondary N) is 2. The number of aromatic hydroxyl groups is 1. The van der Waals surface area contributed by atoms with Gasteiger partial charge in [-0.3, -0.25) is 4.98 Å². The molecule has 5 rings (SSSR count). The summed E-state index contributed by atoms with van der Waals surface area (Å²) in [5, 5.41) is 14.8. The van der Waals surface area contributed by atoms with Crippen molar-refractivity contribution in [2.75, 3.05) is 31.2 Å². The highest BCUT2D eigenvalue weighted by Gasteiger charge is 2.22. The third-order valence-corrected chi connectivity index (χ3v) is 4.54. The van der Waals surface area contributed by atoms with E-state index in [1.165, 1.54) is 0 Å². The molecule has 3 N–H and O–H groups in total. The maximum absolute atomic E-state index is 11.4. The van der Waals surface area contributed by atoms with E-state index in [4.69, 9.17) is 4.74 Å². The summed E-state index contributed by atoms with van der Waals surface area (Å²) in [4.78, 5) is 32.2. The molecule has 0 radical (unpaired) electrons. The van der Waals surface area contributed by atoms with Crippen LogP contribution in [0.2, 0.25) is 0 Å². The quantitative estimate of drug-likeness (QED) is 0.499. The molecule has 2 fully saturated rings. The van der Waals surface area contributed by atoms with E-state index in [9.17, 15) is 9.90 Å². The number of fused-ring (bicyclic) bond motifs is 1. The van der Waals surface area contributed by atoms with Gasteiger partial charge in [0.25, 0.3) is 5.62 Å². The lowest BCUT2D eigenvalue weighted by atomic mass is 10.3. The number of hydrogen-bond acceptors (Lipinski definition) is 8. The van der Waals surface area contributed by atoms with Crippen LogP contribution in [0.15, 0.2) is 16.0 Å². The molecule has 140 valence electrons. The van der Waals surface area contributed by atoms with Crippen molar-refractivity contribution in [3.8, 4) is 5.88 Å². The summed E-state index contributed by atoms with van der Waals surface area (Å²) in [6.07, 6.45) is 5.34. The fourth-order valence-electron chi connectivity index (χ4n) is 2.97. The first-order chi connectivity index (χ1) is 13.2. The van der Waals surface area contributed by atoms with E-state index in [-0.39, 0.29) is 17.6 Å². The van der Waals surface area contributed by atoms with Gasteiger partial charge in [0.05, 0.1) is 25.5 Å². The zero-order valence-electron chi connectivity index (χ0n) is 14.4. The molecule has 0 atom stereocenters. The van der Waals surface area contributed by atoms with E-state index in [0.717, 1.165) is 12.8 Å². The molecule has 1 aliphatic heterocycles. The molecule has 1 saturated carbocycles. The molecule has 27 heavy (non-hydrogen) atoms. The maximum atomic E-state index is 11.4. The number of rotatable bonds is 3. The summed E-state index contributed by atoms with van der Waals surface area (Å²) in [5.74, 6) is 0.344. The van der Waals surface area contributed by atoms with Crippen molar-refractivity contribution in [1.82, 2.24) is 29.5 Å². The summed E-state index contributed by atoms with van der Waals surface area (Å²) in [5.41, 5.74) is 0.855. The van der Waals surface area contributed by atoms with Gasteiger partial charge in [0, 0.05) is 18.3 Å². The largest absolute Gasteiger partial charge is 0.493 e. The molecule has 0 bridgehead atoms. The van der Waals surface area contributed by atoms with Crippen LogP contribution in [0.25, 0.3) is 11.7 Å². The zero-order chi connectivity index (χ0) is 18.4. The number of aromatic amines is 2. The minimum absolute atomic E-state index is 0.232. The Morgan fingerprint density at radius 3 is 2.78 bits per heavy atom. The summed E-state index contributed by atoms with van der Waals surface area (Å²) in [7, 11) is 0. The van der Waals surface area contributed by atoms with Crippen LogP contribution in [0.3, 0.4) is 0 Å². The predicted octanol–water partition coefficient (Wildman–Crippen LogP) is -1.71. The van der Waals surface area contributed by atoms with E-state index in [0.29, 0.717) is 48.7 Å². The molecule has 0 amide bonds. The van der Waals surface area contributed by atoms with E-state index < -0.39 is 5.69 Å². The van der Waals surface area contributed by atoms with E-state index in [2.05, 4.69) is 34.9 Å². The summed E-state index contributed by atoms with van der Waals surface area (Å²) in [6, 6.07) is 0.280. The smallest absolute Gasteiger partial charge is 0.326 e. The molecule has 2 aliphatic rings. The first-order valence-corrected chi connectivity index (χ1v) is 8.83. The van der Waals surface area contributed by atoms with Gasteiger partial charge in [-0.05, 0) is 18.9 Å². The van der Waals surface area contributed by atoms with E-state index in [1.807, 2.05) is 0 Å². The van der Waals surface area contributed by atoms with Gasteiger partial charge in [-0.25, -0.2) is 9.79 Å². The third-order valence-electron chi connectivity index (χ3n) is 4.54. The number of ether oxygens (including phenoxy) is 1. The molecule has 3 aromatic rings. The average Bonchev–Trinajstić information content (AvgIpc) is 3.31. The van der Waals surface area contributed by atoms with Crippen LogP contribution in [0.4, 0.5) is 5.95 Å². The lowest BCUT2D eigenvalue weighted by Gasteiger charge is -2.26. The molecule has 0 aromatic carbocycles. The lowest BCUT2D eigenvalue weighted by Crippen LogP contribution is -2.39. The van der Waals surface area contributed by atoms with Crippen LogP contribution >= 0.6 is 0 Å². The van der Waals surface area contributed by atoms with Crippen molar-refractivity contribution >= 4 is 17.7 Å². The average molecular weight is 370 g/mol.